The fourth-order valence-corrected chi connectivity index (χ4v) is 6.67. The van der Waals surface area contributed by atoms with Gasteiger partial charge in [0.2, 0.25) is 0 Å². The molecule has 0 aromatic rings. The smallest absolute Gasteiger partial charge is 0.0349 e. The second kappa shape index (κ2) is 7.27. The minimum atomic E-state index is 1.01. The normalized spacial score (nSPS) is 46.1. The van der Waals surface area contributed by atoms with Gasteiger partial charge in [0.1, 0.15) is 0 Å². The Morgan fingerprint density at radius 1 is 0.864 bits per heavy atom. The summed E-state index contributed by atoms with van der Waals surface area (Å²) < 4.78 is 0. The van der Waals surface area contributed by atoms with Crippen LogP contribution in [-0.4, -0.2) is 0 Å². The van der Waals surface area contributed by atoms with E-state index in [1.165, 1.54) is 32.1 Å². The molecule has 0 spiro atoms. The predicted octanol–water partition coefficient (Wildman–Crippen LogP) is 6.94. The Balaban J connectivity index is 1.63. The van der Waals surface area contributed by atoms with Crippen LogP contribution in [0.15, 0.2) is 0 Å². The molecular weight excluding hydrogens is 264 g/mol. The van der Waals surface area contributed by atoms with E-state index in [4.69, 9.17) is 0 Å². The van der Waals surface area contributed by atoms with Crippen molar-refractivity contribution < 1.29 is 0 Å². The van der Waals surface area contributed by atoms with Crippen molar-refractivity contribution in [1.82, 2.24) is 0 Å². The van der Waals surface area contributed by atoms with E-state index in [0.717, 1.165) is 47.3 Å². The largest absolute Gasteiger partial charge is 0.0654 e. The molecule has 0 aliphatic heterocycles. The van der Waals surface area contributed by atoms with Crippen LogP contribution in [0.4, 0.5) is 0 Å². The highest BCUT2D eigenvalue weighted by Crippen LogP contribution is 2.59. The van der Waals surface area contributed by atoms with Crippen molar-refractivity contribution in [2.24, 2.45) is 47.3 Å². The summed E-state index contributed by atoms with van der Waals surface area (Å²) in [6.45, 7) is 9.79. The van der Waals surface area contributed by atoms with Crippen LogP contribution in [0.1, 0.15) is 91.9 Å². The fraction of sp³-hybridized carbons (Fsp3) is 1.00. The molecule has 3 aliphatic carbocycles. The molecule has 3 rings (SSSR count). The second-order valence-corrected chi connectivity index (χ2v) is 9.48. The first-order valence-corrected chi connectivity index (χ1v) is 10.6. The molecule has 22 heavy (non-hydrogen) atoms. The van der Waals surface area contributed by atoms with Crippen molar-refractivity contribution >= 4 is 0 Å². The monoisotopic (exact) mass is 304 g/mol. The Kier molecular flexibility index (Phi) is 5.56. The van der Waals surface area contributed by atoms with Gasteiger partial charge in [-0.05, 0) is 79.4 Å². The topological polar surface area (TPSA) is 0 Å². The van der Waals surface area contributed by atoms with Gasteiger partial charge in [-0.15, -0.1) is 0 Å². The van der Waals surface area contributed by atoms with Crippen molar-refractivity contribution in [1.29, 1.82) is 0 Å². The highest BCUT2D eigenvalue weighted by atomic mass is 14.6. The van der Waals surface area contributed by atoms with E-state index in [2.05, 4.69) is 27.7 Å². The van der Waals surface area contributed by atoms with Crippen LogP contribution in [0.5, 0.6) is 0 Å². The van der Waals surface area contributed by atoms with Gasteiger partial charge in [0.15, 0.2) is 0 Å². The summed E-state index contributed by atoms with van der Waals surface area (Å²) in [6.07, 6.45) is 15.2. The third-order valence-electron chi connectivity index (χ3n) is 7.79. The van der Waals surface area contributed by atoms with E-state index in [0.29, 0.717) is 0 Å². The fourth-order valence-electron chi connectivity index (χ4n) is 6.67. The van der Waals surface area contributed by atoms with Crippen LogP contribution in [0.2, 0.25) is 0 Å². The predicted molar refractivity (Wildman–Crippen MR) is 96.8 cm³/mol. The summed E-state index contributed by atoms with van der Waals surface area (Å²) >= 11 is 0. The van der Waals surface area contributed by atoms with Crippen molar-refractivity contribution in [3.8, 4) is 0 Å². The van der Waals surface area contributed by atoms with E-state index in [-0.39, 0.29) is 0 Å². The van der Waals surface area contributed by atoms with Gasteiger partial charge in [0.05, 0.1) is 0 Å². The van der Waals surface area contributed by atoms with Crippen LogP contribution in [0.25, 0.3) is 0 Å². The van der Waals surface area contributed by atoms with Crippen molar-refractivity contribution in [3.63, 3.8) is 0 Å². The minimum Gasteiger partial charge on any atom is -0.0654 e. The molecule has 3 aliphatic rings. The van der Waals surface area contributed by atoms with Crippen LogP contribution in [0, 0.1) is 47.3 Å². The Labute approximate surface area is 139 Å². The van der Waals surface area contributed by atoms with E-state index >= 15 is 0 Å². The average molecular weight is 305 g/mol. The van der Waals surface area contributed by atoms with Gasteiger partial charge < -0.3 is 0 Å². The molecule has 0 heteroatoms. The minimum absolute atomic E-state index is 1.01. The lowest BCUT2D eigenvalue weighted by atomic mass is 9.49. The van der Waals surface area contributed by atoms with E-state index in [9.17, 15) is 0 Å². The second-order valence-electron chi connectivity index (χ2n) is 9.48. The highest BCUT2D eigenvalue weighted by Gasteiger charge is 2.50. The molecule has 6 atom stereocenters. The van der Waals surface area contributed by atoms with Crippen LogP contribution in [0.3, 0.4) is 0 Å². The summed E-state index contributed by atoms with van der Waals surface area (Å²) in [5, 5.41) is 0. The van der Waals surface area contributed by atoms with Crippen molar-refractivity contribution in [2.45, 2.75) is 91.9 Å². The van der Waals surface area contributed by atoms with Gasteiger partial charge in [-0.3, -0.25) is 0 Å². The summed E-state index contributed by atoms with van der Waals surface area (Å²) in [5.74, 6) is 8.67. The maximum Gasteiger partial charge on any atom is -0.0349 e. The van der Waals surface area contributed by atoms with Crippen LogP contribution >= 0.6 is 0 Å². The summed E-state index contributed by atoms with van der Waals surface area (Å²) in [6, 6.07) is 0. The first kappa shape index (κ1) is 16.8. The molecule has 0 N–H and O–H groups in total. The maximum atomic E-state index is 2.49. The zero-order valence-corrected chi connectivity index (χ0v) is 15.7. The van der Waals surface area contributed by atoms with Gasteiger partial charge in [0.25, 0.3) is 0 Å². The molecule has 0 amide bonds. The Morgan fingerprint density at radius 3 is 2.18 bits per heavy atom. The van der Waals surface area contributed by atoms with Crippen LogP contribution < -0.4 is 0 Å². The van der Waals surface area contributed by atoms with Gasteiger partial charge in [-0.1, -0.05) is 59.8 Å². The Morgan fingerprint density at radius 2 is 1.64 bits per heavy atom. The SMILES string of the molecule is CCCC(C1CCC(C)C1)C1C[C@@H](C2CC(C)C2)[C@H]1CCC. The van der Waals surface area contributed by atoms with E-state index in [1.54, 1.807) is 32.1 Å². The first-order chi connectivity index (χ1) is 10.6. The molecule has 3 saturated carbocycles. The van der Waals surface area contributed by atoms with Crippen molar-refractivity contribution in [3.05, 3.63) is 0 Å². The number of hydrogen-bond acceptors (Lipinski definition) is 0. The number of rotatable bonds is 7. The lowest BCUT2D eigenvalue weighted by Gasteiger charge is -2.56. The zero-order valence-electron chi connectivity index (χ0n) is 15.7. The average Bonchev–Trinajstić information content (AvgIpc) is 2.87. The summed E-state index contributed by atoms with van der Waals surface area (Å²) in [5.41, 5.74) is 0. The Bertz CT molecular complexity index is 340. The molecule has 0 aromatic carbocycles. The molecular formula is C22H40. The van der Waals surface area contributed by atoms with Gasteiger partial charge >= 0.3 is 0 Å². The molecule has 0 bridgehead atoms. The molecule has 0 heterocycles. The lowest BCUT2D eigenvalue weighted by Crippen LogP contribution is -2.48. The molecule has 128 valence electrons. The third-order valence-corrected chi connectivity index (χ3v) is 7.79. The Hall–Kier alpha value is 0. The maximum absolute atomic E-state index is 2.49. The molecule has 0 nitrogen and oxygen atoms in total. The molecule has 3 fully saturated rings. The third kappa shape index (κ3) is 3.27. The molecule has 4 unspecified atom stereocenters. The molecule has 0 aromatic heterocycles. The van der Waals surface area contributed by atoms with Gasteiger partial charge in [-0.25, -0.2) is 0 Å². The first-order valence-electron chi connectivity index (χ1n) is 10.6. The standard InChI is InChI=1S/C22H40/c1-5-7-19(17-10-9-15(3)11-17)22-14-21(20(22)8-6-2)18-12-16(4)13-18/h15-22H,5-14H2,1-4H3/t15?,16?,17?,18?,19?,20-,21+,22?/m1/s1. The lowest BCUT2D eigenvalue weighted by molar-refractivity contribution is -0.0706. The molecule has 0 radical (unpaired) electrons. The van der Waals surface area contributed by atoms with E-state index in [1.807, 2.05) is 0 Å². The summed E-state index contributed by atoms with van der Waals surface area (Å²) in [4.78, 5) is 0. The zero-order chi connectivity index (χ0) is 15.7. The summed E-state index contributed by atoms with van der Waals surface area (Å²) in [7, 11) is 0. The molecule has 0 saturated heterocycles. The van der Waals surface area contributed by atoms with Crippen LogP contribution in [-0.2, 0) is 0 Å². The van der Waals surface area contributed by atoms with Gasteiger partial charge in [-0.2, -0.15) is 0 Å². The van der Waals surface area contributed by atoms with Crippen molar-refractivity contribution in [2.75, 3.05) is 0 Å². The quantitative estimate of drug-likeness (QED) is 0.478. The van der Waals surface area contributed by atoms with Gasteiger partial charge in [0, 0.05) is 0 Å². The number of hydrogen-bond donors (Lipinski definition) is 0. The highest BCUT2D eigenvalue weighted by molar-refractivity contribution is 5.00. The van der Waals surface area contributed by atoms with E-state index < -0.39 is 0 Å².